The molecule has 1 aliphatic carbocycles. The molecule has 0 aromatic heterocycles. The predicted molar refractivity (Wildman–Crippen MR) is 71.8 cm³/mol. The molecule has 1 aromatic rings. The molecule has 3 nitrogen and oxygen atoms in total. The minimum Gasteiger partial charge on any atom is -0.480 e. The van der Waals surface area contributed by atoms with Crippen LogP contribution in [0.25, 0.3) is 0 Å². The molecule has 1 fully saturated rings. The second-order valence-corrected chi connectivity index (χ2v) is 5.34. The van der Waals surface area contributed by atoms with Crippen molar-refractivity contribution in [1.82, 2.24) is 0 Å². The number of rotatable bonds is 3. The van der Waals surface area contributed by atoms with Crippen LogP contribution in [0.3, 0.4) is 0 Å². The molecule has 4 heteroatoms. The summed E-state index contributed by atoms with van der Waals surface area (Å²) in [6.45, 7) is 0. The molecule has 1 atom stereocenters. The van der Waals surface area contributed by atoms with E-state index in [1.54, 1.807) is 12.1 Å². The normalized spacial score (nSPS) is 18.6. The van der Waals surface area contributed by atoms with Crippen molar-refractivity contribution >= 4 is 17.6 Å². The summed E-state index contributed by atoms with van der Waals surface area (Å²) in [5.41, 5.74) is 7.28. The lowest BCUT2D eigenvalue weighted by Gasteiger charge is -2.23. The third kappa shape index (κ3) is 2.85. The summed E-state index contributed by atoms with van der Waals surface area (Å²) in [6.07, 6.45) is 6.14. The molecule has 1 aromatic carbocycles. The second kappa shape index (κ2) is 5.72. The Kier molecular flexibility index (Phi) is 4.25. The van der Waals surface area contributed by atoms with Crippen molar-refractivity contribution in [1.29, 1.82) is 0 Å². The Labute approximate surface area is 112 Å². The molecule has 18 heavy (non-hydrogen) atoms. The number of aliphatic carboxylic acids is 1. The van der Waals surface area contributed by atoms with Gasteiger partial charge in [-0.05, 0) is 36.0 Å². The van der Waals surface area contributed by atoms with Crippen LogP contribution in [0, 0.1) is 0 Å². The highest BCUT2D eigenvalue weighted by Crippen LogP contribution is 2.36. The molecule has 3 N–H and O–H groups in total. The van der Waals surface area contributed by atoms with Gasteiger partial charge in [0.1, 0.15) is 6.04 Å². The van der Waals surface area contributed by atoms with Gasteiger partial charge in [0.15, 0.2) is 0 Å². The Morgan fingerprint density at radius 1 is 1.33 bits per heavy atom. The second-order valence-electron chi connectivity index (χ2n) is 4.93. The van der Waals surface area contributed by atoms with Gasteiger partial charge in [-0.3, -0.25) is 4.79 Å². The van der Waals surface area contributed by atoms with E-state index >= 15 is 0 Å². The first-order valence-corrected chi connectivity index (χ1v) is 6.75. The minimum absolute atomic E-state index is 0.515. The van der Waals surface area contributed by atoms with Crippen LogP contribution < -0.4 is 5.73 Å². The Hall–Kier alpha value is -1.06. The summed E-state index contributed by atoms with van der Waals surface area (Å²) < 4.78 is 0. The molecular formula is C14H18ClNO2. The molecule has 2 rings (SSSR count). The molecule has 0 aliphatic heterocycles. The van der Waals surface area contributed by atoms with Crippen LogP contribution in [0.1, 0.15) is 55.2 Å². The summed E-state index contributed by atoms with van der Waals surface area (Å²) in [5.74, 6) is -0.516. The average molecular weight is 268 g/mol. The van der Waals surface area contributed by atoms with Crippen molar-refractivity contribution < 1.29 is 9.90 Å². The highest BCUT2D eigenvalue weighted by molar-refractivity contribution is 6.31. The summed E-state index contributed by atoms with van der Waals surface area (Å²) in [7, 11) is 0. The molecule has 0 bridgehead atoms. The van der Waals surface area contributed by atoms with Gasteiger partial charge in [0.05, 0.1) is 0 Å². The monoisotopic (exact) mass is 267 g/mol. The van der Waals surface area contributed by atoms with E-state index < -0.39 is 12.0 Å². The van der Waals surface area contributed by atoms with Crippen LogP contribution in [0.15, 0.2) is 18.2 Å². The number of carboxylic acids is 1. The Bertz CT molecular complexity index is 441. The van der Waals surface area contributed by atoms with Crippen LogP contribution in [-0.2, 0) is 4.79 Å². The quantitative estimate of drug-likeness (QED) is 0.881. The Morgan fingerprint density at radius 2 is 2.00 bits per heavy atom. The molecule has 0 radical (unpaired) electrons. The van der Waals surface area contributed by atoms with E-state index in [0.29, 0.717) is 16.5 Å². The van der Waals surface area contributed by atoms with Crippen molar-refractivity contribution in [3.63, 3.8) is 0 Å². The third-order valence-corrected chi connectivity index (χ3v) is 4.02. The summed E-state index contributed by atoms with van der Waals surface area (Å²) in [6, 6.07) is 4.43. The lowest BCUT2D eigenvalue weighted by atomic mass is 9.83. The van der Waals surface area contributed by atoms with Crippen molar-refractivity contribution in [2.45, 2.75) is 44.1 Å². The van der Waals surface area contributed by atoms with E-state index in [0.717, 1.165) is 5.56 Å². The van der Waals surface area contributed by atoms with E-state index in [1.165, 1.54) is 32.1 Å². The lowest BCUT2D eigenvalue weighted by Crippen LogP contribution is -2.20. The van der Waals surface area contributed by atoms with E-state index in [4.69, 9.17) is 22.4 Å². The molecule has 0 saturated heterocycles. The molecule has 0 spiro atoms. The number of benzene rings is 1. The van der Waals surface area contributed by atoms with Gasteiger partial charge >= 0.3 is 5.97 Å². The zero-order chi connectivity index (χ0) is 13.1. The first-order chi connectivity index (χ1) is 8.59. The largest absolute Gasteiger partial charge is 0.480 e. The van der Waals surface area contributed by atoms with E-state index in [9.17, 15) is 4.79 Å². The number of carbonyl (C=O) groups is 1. The SMILES string of the molecule is NC(C(=O)O)c1ccc(C2CCCCC2)c(Cl)c1. The lowest BCUT2D eigenvalue weighted by molar-refractivity contribution is -0.138. The smallest absolute Gasteiger partial charge is 0.325 e. The van der Waals surface area contributed by atoms with Gasteiger partial charge in [0, 0.05) is 5.02 Å². The Balaban J connectivity index is 2.21. The standard InChI is InChI=1S/C14H18ClNO2/c15-12-8-10(13(16)14(17)18)6-7-11(12)9-4-2-1-3-5-9/h6-9,13H,1-5,16H2,(H,17,18). The maximum atomic E-state index is 10.8. The summed E-state index contributed by atoms with van der Waals surface area (Å²) >= 11 is 6.26. The molecule has 98 valence electrons. The fraction of sp³-hybridized carbons (Fsp3) is 0.500. The van der Waals surface area contributed by atoms with Gasteiger partial charge in [0.2, 0.25) is 0 Å². The average Bonchev–Trinajstić information content (AvgIpc) is 2.38. The van der Waals surface area contributed by atoms with Gasteiger partial charge in [-0.15, -0.1) is 0 Å². The van der Waals surface area contributed by atoms with Crippen molar-refractivity contribution in [3.05, 3.63) is 34.3 Å². The highest BCUT2D eigenvalue weighted by atomic mass is 35.5. The Morgan fingerprint density at radius 3 is 2.56 bits per heavy atom. The fourth-order valence-electron chi connectivity index (χ4n) is 2.62. The predicted octanol–water partition coefficient (Wildman–Crippen LogP) is 3.47. The molecule has 1 unspecified atom stereocenters. The molecule has 1 aliphatic rings. The first kappa shape index (κ1) is 13.4. The van der Waals surface area contributed by atoms with Crippen LogP contribution in [0.4, 0.5) is 0 Å². The van der Waals surface area contributed by atoms with Gasteiger partial charge in [-0.1, -0.05) is 43.0 Å². The van der Waals surface area contributed by atoms with Crippen LogP contribution in [0.5, 0.6) is 0 Å². The van der Waals surface area contributed by atoms with Crippen molar-refractivity contribution in [3.8, 4) is 0 Å². The number of nitrogens with two attached hydrogens (primary N) is 1. The van der Waals surface area contributed by atoms with Gasteiger partial charge in [0.25, 0.3) is 0 Å². The van der Waals surface area contributed by atoms with Crippen molar-refractivity contribution in [2.24, 2.45) is 5.73 Å². The van der Waals surface area contributed by atoms with E-state index in [2.05, 4.69) is 0 Å². The number of halogens is 1. The van der Waals surface area contributed by atoms with Gasteiger partial charge in [-0.2, -0.15) is 0 Å². The van der Waals surface area contributed by atoms with Gasteiger partial charge < -0.3 is 10.8 Å². The van der Waals surface area contributed by atoms with Crippen LogP contribution >= 0.6 is 11.6 Å². The van der Waals surface area contributed by atoms with Gasteiger partial charge in [-0.25, -0.2) is 0 Å². The summed E-state index contributed by atoms with van der Waals surface area (Å²) in [5, 5.41) is 9.53. The maximum Gasteiger partial charge on any atom is 0.325 e. The van der Waals surface area contributed by atoms with Crippen LogP contribution in [-0.4, -0.2) is 11.1 Å². The molecule has 0 heterocycles. The van der Waals surface area contributed by atoms with Crippen LogP contribution in [0.2, 0.25) is 5.02 Å². The highest BCUT2D eigenvalue weighted by Gasteiger charge is 2.20. The zero-order valence-electron chi connectivity index (χ0n) is 10.2. The number of hydrogen-bond acceptors (Lipinski definition) is 2. The molecular weight excluding hydrogens is 250 g/mol. The van der Waals surface area contributed by atoms with E-state index in [-0.39, 0.29) is 0 Å². The zero-order valence-corrected chi connectivity index (χ0v) is 11.0. The topological polar surface area (TPSA) is 63.3 Å². The molecule has 1 saturated carbocycles. The first-order valence-electron chi connectivity index (χ1n) is 6.37. The van der Waals surface area contributed by atoms with E-state index in [1.807, 2.05) is 6.07 Å². The third-order valence-electron chi connectivity index (χ3n) is 3.69. The number of carboxylic acid groups (broad SMARTS) is 1. The number of hydrogen-bond donors (Lipinski definition) is 2. The molecule has 0 amide bonds. The maximum absolute atomic E-state index is 10.8. The fourth-order valence-corrected chi connectivity index (χ4v) is 2.97. The minimum atomic E-state index is -1.03. The summed E-state index contributed by atoms with van der Waals surface area (Å²) in [4.78, 5) is 10.8. The van der Waals surface area contributed by atoms with Crippen molar-refractivity contribution in [2.75, 3.05) is 0 Å².